The van der Waals surface area contributed by atoms with Gasteiger partial charge in [0.1, 0.15) is 5.58 Å². The number of nitrogens with one attached hydrogen (secondary N) is 1. The van der Waals surface area contributed by atoms with Gasteiger partial charge < -0.3 is 19.8 Å². The van der Waals surface area contributed by atoms with E-state index >= 15 is 0 Å². The summed E-state index contributed by atoms with van der Waals surface area (Å²) in [7, 11) is -1.60. The Labute approximate surface area is 141 Å². The summed E-state index contributed by atoms with van der Waals surface area (Å²) in [5.41, 5.74) is 1.63. The summed E-state index contributed by atoms with van der Waals surface area (Å²) in [6.07, 6.45) is 6.42. The van der Waals surface area contributed by atoms with Gasteiger partial charge in [0.25, 0.3) is 0 Å². The lowest BCUT2D eigenvalue weighted by Gasteiger charge is -2.24. The normalized spacial score (nSPS) is 26.7. The highest BCUT2D eigenvalue weighted by atomic mass is 16.4. The number of furan rings is 1. The number of benzene rings is 1. The molecule has 3 N–H and O–H groups in total. The van der Waals surface area contributed by atoms with Gasteiger partial charge in [-0.25, -0.2) is 0 Å². The summed E-state index contributed by atoms with van der Waals surface area (Å²) in [5, 5.41) is 23.2. The molecule has 1 aromatic heterocycles. The van der Waals surface area contributed by atoms with Crippen LogP contribution in [-0.2, 0) is 11.2 Å². The summed E-state index contributed by atoms with van der Waals surface area (Å²) < 4.78 is 5.50. The van der Waals surface area contributed by atoms with Crippen LogP contribution in [0, 0.1) is 17.8 Å². The summed E-state index contributed by atoms with van der Waals surface area (Å²) in [5.74, 6) is 0.430. The Hall–Kier alpha value is -1.79. The van der Waals surface area contributed by atoms with E-state index in [1.807, 2.05) is 24.3 Å². The fraction of sp³-hybridized carbons (Fsp3) is 0.500. The van der Waals surface area contributed by atoms with Gasteiger partial charge in [-0.3, -0.25) is 4.79 Å². The summed E-state index contributed by atoms with van der Waals surface area (Å²) in [6.45, 7) is 0. The van der Waals surface area contributed by atoms with E-state index in [1.165, 1.54) is 6.42 Å². The Morgan fingerprint density at radius 2 is 2.12 bits per heavy atom. The van der Waals surface area contributed by atoms with Crippen molar-refractivity contribution in [1.82, 2.24) is 5.32 Å². The van der Waals surface area contributed by atoms with Crippen molar-refractivity contribution in [3.63, 3.8) is 0 Å². The van der Waals surface area contributed by atoms with Gasteiger partial charge in [-0.15, -0.1) is 0 Å². The van der Waals surface area contributed by atoms with Crippen LogP contribution in [-0.4, -0.2) is 29.0 Å². The van der Waals surface area contributed by atoms with Crippen LogP contribution in [0.2, 0.25) is 0 Å². The van der Waals surface area contributed by atoms with Gasteiger partial charge in [-0.2, -0.15) is 0 Å². The van der Waals surface area contributed by atoms with Crippen LogP contribution in [0.25, 0.3) is 11.0 Å². The Bertz CT molecular complexity index is 743. The molecule has 0 radical (unpaired) electrons. The number of para-hydroxylation sites is 1. The van der Waals surface area contributed by atoms with E-state index in [-0.39, 0.29) is 11.8 Å². The molecule has 4 atom stereocenters. The Morgan fingerprint density at radius 1 is 1.29 bits per heavy atom. The monoisotopic (exact) mass is 327 g/mol. The van der Waals surface area contributed by atoms with E-state index in [2.05, 4.69) is 5.32 Å². The molecule has 2 aliphatic carbocycles. The smallest absolute Gasteiger partial charge is 0.464 e. The fourth-order valence-corrected chi connectivity index (χ4v) is 4.51. The van der Waals surface area contributed by atoms with Crippen molar-refractivity contribution in [1.29, 1.82) is 0 Å². The van der Waals surface area contributed by atoms with E-state index in [1.54, 1.807) is 6.26 Å². The van der Waals surface area contributed by atoms with Gasteiger partial charge in [0.2, 0.25) is 5.91 Å². The molecule has 1 amide bonds. The predicted molar refractivity (Wildman–Crippen MR) is 91.0 cm³/mol. The number of hydrogen-bond acceptors (Lipinski definition) is 4. The lowest BCUT2D eigenvalue weighted by atomic mass is 9.75. The number of amides is 1. The zero-order valence-electron chi connectivity index (χ0n) is 13.5. The summed E-state index contributed by atoms with van der Waals surface area (Å²) >= 11 is 0. The topological polar surface area (TPSA) is 82.7 Å². The molecular weight excluding hydrogens is 305 g/mol. The molecule has 2 saturated carbocycles. The highest BCUT2D eigenvalue weighted by Gasteiger charge is 2.44. The first-order valence-electron chi connectivity index (χ1n) is 8.73. The molecule has 0 saturated heterocycles. The molecule has 0 unspecified atom stereocenters. The third kappa shape index (κ3) is 2.85. The molecule has 4 rings (SSSR count). The molecule has 5 nitrogen and oxygen atoms in total. The van der Waals surface area contributed by atoms with Crippen LogP contribution in [0.3, 0.4) is 0 Å². The van der Waals surface area contributed by atoms with Crippen LogP contribution < -0.4 is 5.32 Å². The maximum Gasteiger partial charge on any atom is 0.475 e. The molecule has 2 fully saturated rings. The molecule has 24 heavy (non-hydrogen) atoms. The summed E-state index contributed by atoms with van der Waals surface area (Å²) in [4.78, 5) is 12.6. The molecule has 6 heteroatoms. The molecule has 1 aromatic carbocycles. The van der Waals surface area contributed by atoms with E-state index < -0.39 is 13.1 Å². The fourth-order valence-electron chi connectivity index (χ4n) is 4.51. The van der Waals surface area contributed by atoms with E-state index in [4.69, 9.17) is 4.42 Å². The van der Waals surface area contributed by atoms with Gasteiger partial charge in [-0.05, 0) is 49.1 Å². The van der Waals surface area contributed by atoms with E-state index in [0.717, 1.165) is 35.8 Å². The van der Waals surface area contributed by atoms with Gasteiger partial charge in [-0.1, -0.05) is 24.6 Å². The highest BCUT2D eigenvalue weighted by Crippen LogP contribution is 2.48. The molecule has 0 spiro atoms. The second kappa shape index (κ2) is 6.26. The molecule has 1 heterocycles. The molecule has 2 aliphatic rings. The number of fused-ring (bicyclic) bond motifs is 3. The van der Waals surface area contributed by atoms with Gasteiger partial charge in [0, 0.05) is 11.3 Å². The number of carbonyl (C=O) groups excluding carboxylic acids is 1. The van der Waals surface area contributed by atoms with Crippen LogP contribution in [0.5, 0.6) is 0 Å². The third-order valence-corrected chi connectivity index (χ3v) is 5.76. The van der Waals surface area contributed by atoms with Crippen LogP contribution in [0.1, 0.15) is 31.2 Å². The first kappa shape index (κ1) is 15.7. The number of carbonyl (C=O) groups is 1. The molecular formula is C18H22BNO4. The minimum atomic E-state index is -1.60. The average Bonchev–Trinajstić information content (AvgIpc) is 3.29. The van der Waals surface area contributed by atoms with Crippen molar-refractivity contribution < 1.29 is 19.3 Å². The number of rotatable bonds is 5. The van der Waals surface area contributed by atoms with Crippen molar-refractivity contribution in [3.8, 4) is 0 Å². The van der Waals surface area contributed by atoms with Crippen molar-refractivity contribution in [3.05, 3.63) is 36.1 Å². The van der Waals surface area contributed by atoms with E-state index in [0.29, 0.717) is 18.3 Å². The average molecular weight is 327 g/mol. The zero-order chi connectivity index (χ0) is 16.7. The predicted octanol–water partition coefficient (Wildman–Crippen LogP) is 1.91. The van der Waals surface area contributed by atoms with E-state index in [9.17, 15) is 14.8 Å². The zero-order valence-corrected chi connectivity index (χ0v) is 13.5. The van der Waals surface area contributed by atoms with Crippen LogP contribution in [0.4, 0.5) is 0 Å². The quantitative estimate of drug-likeness (QED) is 0.733. The van der Waals surface area contributed by atoms with Gasteiger partial charge in [0.15, 0.2) is 0 Å². The molecule has 2 bridgehead atoms. The molecule has 2 aromatic rings. The molecule has 0 aliphatic heterocycles. The second-order valence-corrected chi connectivity index (χ2v) is 7.27. The lowest BCUT2D eigenvalue weighted by Crippen LogP contribution is -2.50. The largest absolute Gasteiger partial charge is 0.475 e. The summed E-state index contributed by atoms with van der Waals surface area (Å²) in [6, 6.07) is 7.62. The van der Waals surface area contributed by atoms with Gasteiger partial charge >= 0.3 is 7.12 Å². The van der Waals surface area contributed by atoms with Crippen molar-refractivity contribution in [2.24, 2.45) is 17.8 Å². The lowest BCUT2D eigenvalue weighted by molar-refractivity contribution is -0.126. The first-order chi connectivity index (χ1) is 11.6. The third-order valence-electron chi connectivity index (χ3n) is 5.76. The Morgan fingerprint density at radius 3 is 2.83 bits per heavy atom. The van der Waals surface area contributed by atoms with Crippen molar-refractivity contribution in [2.45, 2.75) is 38.0 Å². The van der Waals surface area contributed by atoms with Crippen LogP contribution >= 0.6 is 0 Å². The van der Waals surface area contributed by atoms with Crippen molar-refractivity contribution in [2.75, 3.05) is 0 Å². The standard InChI is InChI=1S/C18H22BNO4/c21-18(15-8-11-5-6-12(15)7-11)20-17(19(22)23)9-13-10-24-16-4-2-1-3-14(13)16/h1-4,10-12,15,17,22-23H,5-9H2,(H,20,21)/t11-,12+,15+,17-/m0/s1. The minimum Gasteiger partial charge on any atom is -0.464 e. The highest BCUT2D eigenvalue weighted by molar-refractivity contribution is 6.43. The van der Waals surface area contributed by atoms with Crippen LogP contribution in [0.15, 0.2) is 34.9 Å². The molecule has 126 valence electrons. The Balaban J connectivity index is 1.47. The maximum atomic E-state index is 12.6. The SMILES string of the molecule is O=C(N[C@@H](Cc1coc2ccccc12)B(O)O)[C@@H]1C[C@H]2CC[C@@H]1C2. The minimum absolute atomic E-state index is 0.0334. The van der Waals surface area contributed by atoms with Gasteiger partial charge in [0.05, 0.1) is 12.2 Å². The Kier molecular flexibility index (Phi) is 4.10. The second-order valence-electron chi connectivity index (χ2n) is 7.27. The van der Waals surface area contributed by atoms with Crippen molar-refractivity contribution >= 4 is 24.0 Å². The maximum absolute atomic E-state index is 12.6. The number of hydrogen-bond donors (Lipinski definition) is 3. The first-order valence-corrected chi connectivity index (χ1v) is 8.73.